The van der Waals surface area contributed by atoms with Crippen LogP contribution in [0, 0.1) is 17.8 Å². The monoisotopic (exact) mass is 824 g/mol. The molecule has 0 aliphatic carbocycles. The average Bonchev–Trinajstić information content (AvgIpc) is 4.03. The predicted octanol–water partition coefficient (Wildman–Crippen LogP) is 8.15. The highest BCUT2D eigenvalue weighted by Crippen LogP contribution is 2.42. The minimum atomic E-state index is -0.755. The third-order valence-electron chi connectivity index (χ3n) is 12.1. The summed E-state index contributed by atoms with van der Waals surface area (Å²) in [6.07, 6.45) is 1.02. The van der Waals surface area contributed by atoms with Gasteiger partial charge in [0.2, 0.25) is 11.8 Å². The van der Waals surface area contributed by atoms with Gasteiger partial charge in [-0.2, -0.15) is 0 Å². The van der Waals surface area contributed by atoms with E-state index in [4.69, 9.17) is 31.0 Å². The lowest BCUT2D eigenvalue weighted by atomic mass is 9.99. The highest BCUT2D eigenvalue weighted by Gasteiger charge is 2.45. The van der Waals surface area contributed by atoms with Crippen LogP contribution < -0.4 is 10.6 Å². The van der Waals surface area contributed by atoms with Crippen LogP contribution in [0.2, 0.25) is 5.15 Å². The van der Waals surface area contributed by atoms with Gasteiger partial charge in [-0.1, -0.05) is 88.7 Å². The minimum absolute atomic E-state index is 0.0814. The van der Waals surface area contributed by atoms with Gasteiger partial charge in [-0.15, -0.1) is 0 Å². The molecular formula is C44H53ClN8O6. The Morgan fingerprint density at radius 3 is 2.03 bits per heavy atom. The summed E-state index contributed by atoms with van der Waals surface area (Å²) in [5.41, 5.74) is 5.19. The number of nitrogens with zero attached hydrogens (tertiary/aromatic N) is 4. The van der Waals surface area contributed by atoms with Gasteiger partial charge in [-0.3, -0.25) is 9.59 Å². The van der Waals surface area contributed by atoms with Crippen LogP contribution in [0.3, 0.4) is 0 Å². The number of imidazole rings is 2. The molecule has 2 saturated heterocycles. The highest BCUT2D eigenvalue weighted by molar-refractivity contribution is 6.32. The number of hydrogen-bond acceptors (Lipinski definition) is 8. The predicted molar refractivity (Wildman–Crippen MR) is 226 cm³/mol. The van der Waals surface area contributed by atoms with Crippen LogP contribution in [0.4, 0.5) is 9.59 Å². The molecule has 2 aliphatic heterocycles. The molecule has 0 bridgehead atoms. The summed E-state index contributed by atoms with van der Waals surface area (Å²) in [4.78, 5) is 72.2. The Morgan fingerprint density at radius 2 is 1.39 bits per heavy atom. The lowest BCUT2D eigenvalue weighted by Gasteiger charge is -2.33. The van der Waals surface area contributed by atoms with Crippen molar-refractivity contribution in [1.29, 1.82) is 0 Å². The van der Waals surface area contributed by atoms with E-state index in [-0.39, 0.29) is 47.7 Å². The van der Waals surface area contributed by atoms with Crippen molar-refractivity contribution < 1.29 is 28.7 Å². The summed E-state index contributed by atoms with van der Waals surface area (Å²) in [5.74, 6) is 0.917. The number of aromatic nitrogens is 4. The lowest BCUT2D eigenvalue weighted by molar-refractivity contribution is -0.137. The topological polar surface area (TPSA) is 175 Å². The first-order valence-electron chi connectivity index (χ1n) is 20.3. The number of amides is 4. The number of carbonyl (C=O) groups is 4. The van der Waals surface area contributed by atoms with E-state index in [2.05, 4.69) is 51.8 Å². The maximum Gasteiger partial charge on any atom is 0.407 e. The molecule has 6 atom stereocenters. The van der Waals surface area contributed by atoms with Crippen molar-refractivity contribution in [2.45, 2.75) is 91.0 Å². The van der Waals surface area contributed by atoms with Gasteiger partial charge < -0.3 is 39.9 Å². The van der Waals surface area contributed by atoms with Crippen LogP contribution in [-0.2, 0) is 19.1 Å². The SMILES string of the molecule is COC(=O)N[C@H](C(=O)N1CCC[C@H]1c1nc2c(ccc3cc(-c4ccc(-c5nc([C@@H]6CC(C)[C@@H](C)N6C(=O)[C@@H](NC(=O)OC)C(C)C)[nH]c5Cl)cc4)ccc32)[nH]1)C(C)C. The van der Waals surface area contributed by atoms with Gasteiger partial charge >= 0.3 is 12.2 Å². The van der Waals surface area contributed by atoms with Crippen LogP contribution in [-0.4, -0.2) is 92.6 Å². The summed E-state index contributed by atoms with van der Waals surface area (Å²) in [6, 6.07) is 16.3. The number of halogens is 1. The fraction of sp³-hybridized carbons (Fsp3) is 0.455. The number of H-pyrrole nitrogens is 2. The van der Waals surface area contributed by atoms with Crippen LogP contribution in [0.5, 0.6) is 0 Å². The lowest BCUT2D eigenvalue weighted by Crippen LogP contribution is -2.53. The molecule has 2 fully saturated rings. The molecule has 5 aromatic rings. The Bertz CT molecular complexity index is 2370. The van der Waals surface area contributed by atoms with E-state index in [0.29, 0.717) is 29.6 Å². The number of alkyl carbamates (subject to hydrolysis) is 2. The molecule has 312 valence electrons. The van der Waals surface area contributed by atoms with E-state index in [1.165, 1.54) is 14.2 Å². The zero-order chi connectivity index (χ0) is 42.3. The van der Waals surface area contributed by atoms with Crippen LogP contribution in [0.1, 0.15) is 84.5 Å². The minimum Gasteiger partial charge on any atom is -0.453 e. The number of likely N-dealkylation sites (tertiary alicyclic amines) is 2. The second-order valence-corrected chi connectivity index (χ2v) is 16.9. The second-order valence-electron chi connectivity index (χ2n) is 16.5. The molecule has 2 aliphatic rings. The zero-order valence-electron chi connectivity index (χ0n) is 34.8. The van der Waals surface area contributed by atoms with E-state index >= 15 is 0 Å². The first kappa shape index (κ1) is 41.5. The Hall–Kier alpha value is -5.63. The van der Waals surface area contributed by atoms with Gasteiger partial charge in [0.15, 0.2) is 0 Å². The molecule has 0 saturated carbocycles. The fourth-order valence-electron chi connectivity index (χ4n) is 8.57. The van der Waals surface area contributed by atoms with E-state index < -0.39 is 24.3 Å². The highest BCUT2D eigenvalue weighted by atomic mass is 35.5. The normalized spacial score (nSPS) is 20.4. The van der Waals surface area contributed by atoms with Crippen molar-refractivity contribution >= 4 is 57.4 Å². The van der Waals surface area contributed by atoms with E-state index in [1.54, 1.807) is 0 Å². The first-order chi connectivity index (χ1) is 28.2. The molecular weight excluding hydrogens is 772 g/mol. The molecule has 15 heteroatoms. The van der Waals surface area contributed by atoms with Gasteiger partial charge in [0.1, 0.15) is 34.6 Å². The third kappa shape index (κ3) is 8.06. The Balaban J connectivity index is 1.11. The molecule has 14 nitrogen and oxygen atoms in total. The third-order valence-corrected chi connectivity index (χ3v) is 12.3. The summed E-state index contributed by atoms with van der Waals surface area (Å²) in [7, 11) is 2.57. The Kier molecular flexibility index (Phi) is 11.9. The van der Waals surface area contributed by atoms with Crippen LogP contribution in [0.25, 0.3) is 44.2 Å². The number of hydrogen-bond donors (Lipinski definition) is 4. The maximum absolute atomic E-state index is 14.0. The van der Waals surface area contributed by atoms with E-state index in [9.17, 15) is 19.2 Å². The van der Waals surface area contributed by atoms with Gasteiger partial charge in [0.05, 0.1) is 37.3 Å². The molecule has 2 aromatic heterocycles. The van der Waals surface area contributed by atoms with Crippen LogP contribution in [0.15, 0.2) is 54.6 Å². The van der Waals surface area contributed by atoms with Crippen molar-refractivity contribution in [3.8, 4) is 22.4 Å². The Labute approximate surface area is 348 Å². The van der Waals surface area contributed by atoms with Crippen molar-refractivity contribution in [2.24, 2.45) is 17.8 Å². The molecule has 4 N–H and O–H groups in total. The quantitative estimate of drug-likeness (QED) is 0.109. The molecule has 4 heterocycles. The summed E-state index contributed by atoms with van der Waals surface area (Å²) in [6.45, 7) is 12.3. The number of aromatic amines is 2. The number of nitrogens with one attached hydrogen (secondary N) is 4. The smallest absolute Gasteiger partial charge is 0.407 e. The molecule has 1 unspecified atom stereocenters. The Morgan fingerprint density at radius 1 is 0.780 bits per heavy atom. The number of carbonyl (C=O) groups excluding carboxylic acids is 4. The van der Waals surface area contributed by atoms with E-state index in [0.717, 1.165) is 57.2 Å². The van der Waals surface area contributed by atoms with E-state index in [1.807, 2.05) is 74.8 Å². The fourth-order valence-corrected chi connectivity index (χ4v) is 8.82. The number of rotatable bonds is 10. The zero-order valence-corrected chi connectivity index (χ0v) is 35.5. The number of ether oxygens (including phenoxy) is 2. The summed E-state index contributed by atoms with van der Waals surface area (Å²) < 4.78 is 9.59. The van der Waals surface area contributed by atoms with Crippen LogP contribution >= 0.6 is 11.6 Å². The van der Waals surface area contributed by atoms with Gasteiger partial charge in [-0.05, 0) is 72.6 Å². The molecule has 7 rings (SSSR count). The molecule has 59 heavy (non-hydrogen) atoms. The van der Waals surface area contributed by atoms with Gasteiger partial charge in [-0.25, -0.2) is 19.6 Å². The summed E-state index contributed by atoms with van der Waals surface area (Å²) in [5, 5.41) is 7.84. The average molecular weight is 825 g/mol. The second kappa shape index (κ2) is 16.9. The van der Waals surface area contributed by atoms with Crippen molar-refractivity contribution in [2.75, 3.05) is 20.8 Å². The largest absolute Gasteiger partial charge is 0.453 e. The molecule has 0 radical (unpaired) electrons. The van der Waals surface area contributed by atoms with Crippen molar-refractivity contribution in [3.05, 3.63) is 71.4 Å². The number of fused-ring (bicyclic) bond motifs is 3. The number of benzene rings is 3. The molecule has 0 spiro atoms. The summed E-state index contributed by atoms with van der Waals surface area (Å²) >= 11 is 6.80. The first-order valence-corrected chi connectivity index (χ1v) is 20.7. The van der Waals surface area contributed by atoms with Gasteiger partial charge in [0.25, 0.3) is 0 Å². The molecule has 4 amide bonds. The van der Waals surface area contributed by atoms with Crippen molar-refractivity contribution in [3.63, 3.8) is 0 Å². The standard InChI is InChI=1S/C44H53ClN8O6/c1-22(2)34(49-43(56)58-7)41(54)52-19-9-10-32(52)39-46-31-18-16-29-21-28(15-17-30(29)37(31)48-39)26-11-13-27(14-12-26)36-38(45)51-40(47-36)33-20-24(5)25(6)53(33)42(55)35(23(3)4)50-44(57)59-8/h11-18,21-25,32-35H,9-10,19-20H2,1-8H3,(H,46,48)(H,47,51)(H,49,56)(H,50,57)/t24?,25-,32+,33+,34+,35+/m1/s1. The van der Waals surface area contributed by atoms with Gasteiger partial charge in [0, 0.05) is 23.5 Å². The number of methoxy groups -OCH3 is 2. The molecule has 3 aromatic carbocycles. The van der Waals surface area contributed by atoms with Crippen molar-refractivity contribution in [1.82, 2.24) is 40.4 Å². The maximum atomic E-state index is 14.0.